The van der Waals surface area contributed by atoms with Crippen molar-refractivity contribution >= 4 is 75.1 Å². The van der Waals surface area contributed by atoms with E-state index in [1.54, 1.807) is 0 Å². The van der Waals surface area contributed by atoms with Crippen molar-refractivity contribution in [3.63, 3.8) is 0 Å². The molecule has 0 bridgehead atoms. The SMILES string of the molecule is C=c1c2ccccc2c(=C)c2c(-c3ccc(N)c4c(=C)c5ccccc5c(=C)c34)ccc(C)c12. The standard InChI is InChI=1S/C33H25N/c1-18-14-15-27(31-20(3)24-11-7-6-10-23(24)19(2)30(18)31)28-16-17-29(34)33-22(5)26-13-9-8-12-25(26)21(4)32(28)33/h6-17H,2-5,34H2,1H3. The molecule has 0 radical (unpaired) electrons. The van der Waals surface area contributed by atoms with Gasteiger partial charge in [0.1, 0.15) is 0 Å². The van der Waals surface area contributed by atoms with Gasteiger partial charge in [-0.1, -0.05) is 93.0 Å². The number of fused-ring (bicyclic) bond motifs is 4. The van der Waals surface area contributed by atoms with Crippen molar-refractivity contribution in [2.45, 2.75) is 6.92 Å². The first-order chi connectivity index (χ1) is 16.4. The lowest BCUT2D eigenvalue weighted by atomic mass is 9.86. The molecule has 0 aromatic heterocycles. The van der Waals surface area contributed by atoms with Crippen LogP contribution in [0.3, 0.4) is 0 Å². The third-order valence-corrected chi connectivity index (χ3v) is 7.30. The lowest BCUT2D eigenvalue weighted by Gasteiger charge is -2.17. The van der Waals surface area contributed by atoms with Crippen LogP contribution < -0.4 is 26.6 Å². The first-order valence-electron chi connectivity index (χ1n) is 11.4. The molecule has 0 saturated heterocycles. The highest BCUT2D eigenvalue weighted by Crippen LogP contribution is 2.34. The zero-order chi connectivity index (χ0) is 23.7. The largest absolute Gasteiger partial charge is 0.398 e. The van der Waals surface area contributed by atoms with Gasteiger partial charge in [0, 0.05) is 11.1 Å². The van der Waals surface area contributed by atoms with Gasteiger partial charge in [0.25, 0.3) is 0 Å². The Morgan fingerprint density at radius 1 is 0.471 bits per heavy atom. The number of hydrogen-bond donors (Lipinski definition) is 1. The number of nitrogens with two attached hydrogens (primary N) is 1. The van der Waals surface area contributed by atoms with Gasteiger partial charge in [-0.25, -0.2) is 0 Å². The maximum Gasteiger partial charge on any atom is 0.0400 e. The number of hydrogen-bond acceptors (Lipinski definition) is 1. The highest BCUT2D eigenvalue weighted by atomic mass is 14.6. The van der Waals surface area contributed by atoms with Crippen LogP contribution >= 0.6 is 0 Å². The molecule has 0 saturated carbocycles. The van der Waals surface area contributed by atoms with Crippen molar-refractivity contribution < 1.29 is 0 Å². The molecule has 34 heavy (non-hydrogen) atoms. The van der Waals surface area contributed by atoms with E-state index in [-0.39, 0.29) is 0 Å². The minimum absolute atomic E-state index is 0.717. The normalized spacial score (nSPS) is 11.7. The maximum absolute atomic E-state index is 6.54. The Morgan fingerprint density at radius 3 is 1.35 bits per heavy atom. The molecule has 1 nitrogen and oxygen atoms in total. The lowest BCUT2D eigenvalue weighted by molar-refractivity contribution is 1.52. The van der Waals surface area contributed by atoms with Crippen molar-refractivity contribution in [1.82, 2.24) is 0 Å². The van der Waals surface area contributed by atoms with Crippen LogP contribution in [-0.4, -0.2) is 0 Å². The lowest BCUT2D eigenvalue weighted by Crippen LogP contribution is -2.17. The number of anilines is 1. The highest BCUT2D eigenvalue weighted by Gasteiger charge is 2.16. The number of nitrogen functional groups attached to an aromatic ring is 1. The monoisotopic (exact) mass is 435 g/mol. The van der Waals surface area contributed by atoms with Gasteiger partial charge >= 0.3 is 0 Å². The van der Waals surface area contributed by atoms with Gasteiger partial charge in [-0.05, 0) is 88.3 Å². The Balaban J connectivity index is 1.91. The molecule has 6 aromatic rings. The fourth-order valence-corrected chi connectivity index (χ4v) is 5.67. The molecule has 0 aliphatic rings. The summed E-state index contributed by atoms with van der Waals surface area (Å²) >= 11 is 0. The third-order valence-electron chi connectivity index (χ3n) is 7.30. The van der Waals surface area contributed by atoms with Crippen LogP contribution in [0.5, 0.6) is 0 Å². The van der Waals surface area contributed by atoms with Gasteiger partial charge in [0.2, 0.25) is 0 Å². The van der Waals surface area contributed by atoms with E-state index in [2.05, 4.69) is 87.8 Å². The number of rotatable bonds is 1. The van der Waals surface area contributed by atoms with Crippen LogP contribution in [0.15, 0.2) is 72.8 Å². The van der Waals surface area contributed by atoms with Crippen LogP contribution in [0.25, 0.3) is 80.5 Å². The van der Waals surface area contributed by atoms with Gasteiger partial charge in [-0.15, -0.1) is 0 Å². The van der Waals surface area contributed by atoms with E-state index in [9.17, 15) is 0 Å². The summed E-state index contributed by atoms with van der Waals surface area (Å²) < 4.78 is 0. The summed E-state index contributed by atoms with van der Waals surface area (Å²) in [4.78, 5) is 0. The Morgan fingerprint density at radius 2 is 0.853 bits per heavy atom. The van der Waals surface area contributed by atoms with E-state index in [1.165, 1.54) is 5.56 Å². The van der Waals surface area contributed by atoms with Crippen molar-refractivity contribution in [1.29, 1.82) is 0 Å². The van der Waals surface area contributed by atoms with Gasteiger partial charge in [-0.3, -0.25) is 0 Å². The number of benzene rings is 6. The topological polar surface area (TPSA) is 26.0 Å². The summed E-state index contributed by atoms with van der Waals surface area (Å²) in [5.74, 6) is 0. The second kappa shape index (κ2) is 7.07. The second-order valence-electron chi connectivity index (χ2n) is 9.14. The van der Waals surface area contributed by atoms with Crippen LogP contribution in [0.4, 0.5) is 5.69 Å². The summed E-state index contributed by atoms with van der Waals surface area (Å²) in [5.41, 5.74) is 10.7. The average Bonchev–Trinajstić information content (AvgIpc) is 2.86. The molecule has 0 aliphatic carbocycles. The van der Waals surface area contributed by atoms with E-state index in [4.69, 9.17) is 5.73 Å². The Kier molecular flexibility index (Phi) is 4.21. The summed E-state index contributed by atoms with van der Waals surface area (Å²) in [6, 6.07) is 25.1. The van der Waals surface area contributed by atoms with Crippen LogP contribution in [0.2, 0.25) is 0 Å². The van der Waals surface area contributed by atoms with Crippen LogP contribution in [0.1, 0.15) is 5.56 Å². The second-order valence-corrected chi connectivity index (χ2v) is 9.14. The fraction of sp³-hybridized carbons (Fsp3) is 0.0303. The molecular weight excluding hydrogens is 410 g/mol. The minimum atomic E-state index is 0.717. The zero-order valence-electron chi connectivity index (χ0n) is 19.3. The average molecular weight is 436 g/mol. The van der Waals surface area contributed by atoms with Crippen LogP contribution in [0, 0.1) is 6.92 Å². The van der Waals surface area contributed by atoms with E-state index in [1.807, 2.05) is 18.2 Å². The molecule has 0 atom stereocenters. The van der Waals surface area contributed by atoms with Gasteiger partial charge in [0.15, 0.2) is 0 Å². The Hall–Kier alpha value is -4.36. The molecule has 0 heterocycles. The van der Waals surface area contributed by atoms with Crippen LogP contribution in [-0.2, 0) is 0 Å². The zero-order valence-corrected chi connectivity index (χ0v) is 19.3. The summed E-state index contributed by atoms with van der Waals surface area (Å²) in [5, 5.41) is 12.7. The highest BCUT2D eigenvalue weighted by molar-refractivity contribution is 6.15. The first kappa shape index (κ1) is 20.3. The van der Waals surface area contributed by atoms with E-state index in [0.29, 0.717) is 5.69 Å². The summed E-state index contributed by atoms with van der Waals surface area (Å²) in [6.45, 7) is 20.1. The van der Waals surface area contributed by atoms with Gasteiger partial charge in [0.05, 0.1) is 0 Å². The molecule has 0 aliphatic heterocycles. The van der Waals surface area contributed by atoms with E-state index < -0.39 is 0 Å². The molecule has 6 rings (SSSR count). The predicted molar refractivity (Wildman–Crippen MR) is 152 cm³/mol. The molecule has 6 aromatic carbocycles. The Bertz CT molecular complexity index is 1900. The van der Waals surface area contributed by atoms with Gasteiger partial charge in [-0.2, -0.15) is 0 Å². The van der Waals surface area contributed by atoms with Gasteiger partial charge < -0.3 is 5.73 Å². The fourth-order valence-electron chi connectivity index (χ4n) is 5.67. The van der Waals surface area contributed by atoms with Crippen molar-refractivity contribution in [2.75, 3.05) is 5.73 Å². The van der Waals surface area contributed by atoms with Crippen molar-refractivity contribution in [3.8, 4) is 11.1 Å². The molecule has 0 unspecified atom stereocenters. The molecule has 1 heteroatoms. The maximum atomic E-state index is 6.54. The summed E-state index contributed by atoms with van der Waals surface area (Å²) in [7, 11) is 0. The number of aryl methyl sites for hydroxylation is 1. The van der Waals surface area contributed by atoms with E-state index >= 15 is 0 Å². The molecule has 0 amide bonds. The quantitative estimate of drug-likeness (QED) is 0.268. The van der Waals surface area contributed by atoms with Crippen molar-refractivity contribution in [2.24, 2.45) is 0 Å². The first-order valence-corrected chi connectivity index (χ1v) is 11.4. The minimum Gasteiger partial charge on any atom is -0.398 e. The van der Waals surface area contributed by atoms with E-state index in [0.717, 1.165) is 75.1 Å². The Labute approximate surface area is 198 Å². The predicted octanol–water partition coefficient (Wildman–Crippen LogP) is 5.50. The molecule has 0 spiro atoms. The summed E-state index contributed by atoms with van der Waals surface area (Å²) in [6.07, 6.45) is 0. The van der Waals surface area contributed by atoms with Crippen molar-refractivity contribution in [3.05, 3.63) is 99.2 Å². The third kappa shape index (κ3) is 2.55. The molecular formula is C33H25N. The molecule has 162 valence electrons. The molecule has 2 N–H and O–H groups in total. The smallest absolute Gasteiger partial charge is 0.0400 e. The molecule has 0 fully saturated rings.